The summed E-state index contributed by atoms with van der Waals surface area (Å²) in [5, 5.41) is 12.1. The molecule has 0 aromatic carbocycles. The van der Waals surface area contributed by atoms with Crippen LogP contribution in [0.25, 0.3) is 0 Å². The van der Waals surface area contributed by atoms with Gasteiger partial charge in [-0.1, -0.05) is 19.9 Å². The van der Waals surface area contributed by atoms with Crippen molar-refractivity contribution in [2.45, 2.75) is 26.8 Å². The van der Waals surface area contributed by atoms with Crippen LogP contribution in [-0.4, -0.2) is 9.97 Å². The summed E-state index contributed by atoms with van der Waals surface area (Å²) in [7, 11) is 0. The lowest BCUT2D eigenvalue weighted by atomic mass is 10.1. The van der Waals surface area contributed by atoms with E-state index in [-0.39, 0.29) is 0 Å². The number of nitrogens with zero attached hydrogens (tertiary/aromatic N) is 3. The van der Waals surface area contributed by atoms with Crippen molar-refractivity contribution in [3.63, 3.8) is 0 Å². The van der Waals surface area contributed by atoms with Gasteiger partial charge in [-0.3, -0.25) is 4.98 Å². The molecule has 98 valence electrons. The van der Waals surface area contributed by atoms with Crippen LogP contribution >= 0.6 is 0 Å². The number of hydrogen-bond donors (Lipinski definition) is 1. The van der Waals surface area contributed by atoms with E-state index in [4.69, 9.17) is 9.68 Å². The third-order valence-corrected chi connectivity index (χ3v) is 2.54. The van der Waals surface area contributed by atoms with Gasteiger partial charge in [0.2, 0.25) is 11.6 Å². The minimum atomic E-state index is 0.305. The van der Waals surface area contributed by atoms with Crippen molar-refractivity contribution in [3.05, 3.63) is 41.7 Å². The Balaban J connectivity index is 2.07. The second-order valence-corrected chi connectivity index (χ2v) is 4.71. The minimum absolute atomic E-state index is 0.305. The highest BCUT2D eigenvalue weighted by Crippen LogP contribution is 2.19. The highest BCUT2D eigenvalue weighted by Gasteiger charge is 2.13. The Hall–Kier alpha value is -2.35. The molecule has 0 aliphatic heterocycles. The van der Waals surface area contributed by atoms with Gasteiger partial charge in [0.05, 0.1) is 0 Å². The van der Waals surface area contributed by atoms with Crippen LogP contribution in [0.2, 0.25) is 0 Å². The van der Waals surface area contributed by atoms with Crippen LogP contribution in [0.4, 0.5) is 5.88 Å². The molecule has 1 N–H and O–H groups in total. The summed E-state index contributed by atoms with van der Waals surface area (Å²) in [6.07, 6.45) is 4.22. The molecule has 0 saturated carbocycles. The first kappa shape index (κ1) is 13.1. The zero-order chi connectivity index (χ0) is 13.7. The third-order valence-electron chi connectivity index (χ3n) is 2.54. The van der Waals surface area contributed by atoms with Gasteiger partial charge in [-0.25, -0.2) is 4.98 Å². The number of pyridine rings is 1. The smallest absolute Gasteiger partial charge is 0.232 e. The molecule has 0 radical (unpaired) electrons. The SMILES string of the molecule is CC(C)Cc1nc(C#N)c(NCc2cccnc2)o1. The summed E-state index contributed by atoms with van der Waals surface area (Å²) in [5.41, 5.74) is 1.33. The van der Waals surface area contributed by atoms with Crippen LogP contribution < -0.4 is 5.32 Å². The maximum atomic E-state index is 9.04. The first-order valence-electron chi connectivity index (χ1n) is 6.21. The molecule has 0 bridgehead atoms. The number of aromatic nitrogens is 2. The van der Waals surface area contributed by atoms with Gasteiger partial charge in [0.25, 0.3) is 0 Å². The fourth-order valence-corrected chi connectivity index (χ4v) is 1.68. The predicted molar refractivity (Wildman–Crippen MR) is 71.3 cm³/mol. The largest absolute Gasteiger partial charge is 0.424 e. The molecule has 0 unspecified atom stereocenters. The van der Waals surface area contributed by atoms with Crippen molar-refractivity contribution in [3.8, 4) is 6.07 Å². The van der Waals surface area contributed by atoms with E-state index in [1.54, 1.807) is 12.4 Å². The van der Waals surface area contributed by atoms with Crippen molar-refractivity contribution >= 4 is 5.88 Å². The Morgan fingerprint density at radius 1 is 1.47 bits per heavy atom. The number of oxazole rings is 1. The molecule has 0 aliphatic carbocycles. The molecule has 2 aromatic rings. The van der Waals surface area contributed by atoms with E-state index in [9.17, 15) is 0 Å². The highest BCUT2D eigenvalue weighted by atomic mass is 16.4. The van der Waals surface area contributed by atoms with Gasteiger partial charge in [0, 0.05) is 25.4 Å². The molecule has 5 nitrogen and oxygen atoms in total. The predicted octanol–water partition coefficient (Wildman–Crippen LogP) is 2.75. The molecule has 0 amide bonds. The summed E-state index contributed by atoms with van der Waals surface area (Å²) in [4.78, 5) is 8.21. The van der Waals surface area contributed by atoms with Crippen LogP contribution in [0.3, 0.4) is 0 Å². The molecule has 19 heavy (non-hydrogen) atoms. The Morgan fingerprint density at radius 3 is 2.95 bits per heavy atom. The van der Waals surface area contributed by atoms with E-state index in [2.05, 4.69) is 29.1 Å². The van der Waals surface area contributed by atoms with Crippen LogP contribution in [0.1, 0.15) is 31.0 Å². The second kappa shape index (κ2) is 6.01. The molecule has 0 aliphatic rings. The van der Waals surface area contributed by atoms with Crippen molar-refractivity contribution in [1.82, 2.24) is 9.97 Å². The van der Waals surface area contributed by atoms with Crippen LogP contribution in [0.5, 0.6) is 0 Å². The maximum absolute atomic E-state index is 9.04. The Bertz CT molecular complexity index is 569. The molecule has 0 spiro atoms. The molecule has 0 saturated heterocycles. The number of nitrogens with one attached hydrogen (secondary N) is 1. The molecule has 2 heterocycles. The number of rotatable bonds is 5. The Labute approximate surface area is 112 Å². The van der Waals surface area contributed by atoms with Gasteiger partial charge in [-0.2, -0.15) is 5.26 Å². The molecule has 0 fully saturated rings. The summed E-state index contributed by atoms with van der Waals surface area (Å²) in [6, 6.07) is 5.87. The lowest BCUT2D eigenvalue weighted by molar-refractivity contribution is 0.466. The van der Waals surface area contributed by atoms with Gasteiger partial charge in [0.15, 0.2) is 5.89 Å². The molecular weight excluding hydrogens is 240 g/mol. The van der Waals surface area contributed by atoms with Gasteiger partial charge in [0.1, 0.15) is 6.07 Å². The fourth-order valence-electron chi connectivity index (χ4n) is 1.68. The van der Waals surface area contributed by atoms with E-state index < -0.39 is 0 Å². The number of anilines is 1. The molecule has 2 aromatic heterocycles. The zero-order valence-corrected chi connectivity index (χ0v) is 11.1. The first-order chi connectivity index (χ1) is 9.19. The molecule has 0 atom stereocenters. The normalized spacial score (nSPS) is 10.4. The van der Waals surface area contributed by atoms with Crippen molar-refractivity contribution < 1.29 is 4.42 Å². The lowest BCUT2D eigenvalue weighted by Gasteiger charge is -2.02. The molecule has 5 heteroatoms. The van der Waals surface area contributed by atoms with Gasteiger partial charge >= 0.3 is 0 Å². The van der Waals surface area contributed by atoms with E-state index in [0.29, 0.717) is 29.9 Å². The topological polar surface area (TPSA) is 74.7 Å². The minimum Gasteiger partial charge on any atom is -0.424 e. The lowest BCUT2D eigenvalue weighted by Crippen LogP contribution is -2.00. The van der Waals surface area contributed by atoms with Crippen LogP contribution in [-0.2, 0) is 13.0 Å². The van der Waals surface area contributed by atoms with Gasteiger partial charge in [-0.15, -0.1) is 0 Å². The average molecular weight is 256 g/mol. The number of nitriles is 1. The van der Waals surface area contributed by atoms with Crippen LogP contribution in [0.15, 0.2) is 28.9 Å². The van der Waals surface area contributed by atoms with E-state index in [0.717, 1.165) is 12.0 Å². The van der Waals surface area contributed by atoms with Crippen molar-refractivity contribution in [1.29, 1.82) is 5.26 Å². The van der Waals surface area contributed by atoms with E-state index >= 15 is 0 Å². The fraction of sp³-hybridized carbons (Fsp3) is 0.357. The molecule has 2 rings (SSSR count). The van der Waals surface area contributed by atoms with Crippen LogP contribution in [0, 0.1) is 17.2 Å². The number of hydrogen-bond acceptors (Lipinski definition) is 5. The van der Waals surface area contributed by atoms with Crippen molar-refractivity contribution in [2.24, 2.45) is 5.92 Å². The first-order valence-corrected chi connectivity index (χ1v) is 6.21. The average Bonchev–Trinajstić information content (AvgIpc) is 2.79. The maximum Gasteiger partial charge on any atom is 0.232 e. The molecular formula is C14H16N4O. The quantitative estimate of drug-likeness (QED) is 0.890. The standard InChI is InChI=1S/C14H16N4O/c1-10(2)6-13-18-12(7-15)14(19-13)17-9-11-4-3-5-16-8-11/h3-5,8,10,17H,6,9H2,1-2H3. The summed E-state index contributed by atoms with van der Waals surface area (Å²) >= 11 is 0. The van der Waals surface area contributed by atoms with Gasteiger partial charge < -0.3 is 9.73 Å². The Kier molecular flexibility index (Phi) is 4.14. The summed E-state index contributed by atoms with van der Waals surface area (Å²) in [5.74, 6) is 1.47. The Morgan fingerprint density at radius 2 is 2.32 bits per heavy atom. The van der Waals surface area contributed by atoms with E-state index in [1.807, 2.05) is 18.2 Å². The van der Waals surface area contributed by atoms with Crippen molar-refractivity contribution in [2.75, 3.05) is 5.32 Å². The highest BCUT2D eigenvalue weighted by molar-refractivity contribution is 5.45. The second-order valence-electron chi connectivity index (χ2n) is 4.71. The monoisotopic (exact) mass is 256 g/mol. The summed E-state index contributed by atoms with van der Waals surface area (Å²) in [6.45, 7) is 4.72. The van der Waals surface area contributed by atoms with E-state index in [1.165, 1.54) is 0 Å². The zero-order valence-electron chi connectivity index (χ0n) is 11.1. The third kappa shape index (κ3) is 3.55. The van der Waals surface area contributed by atoms with Gasteiger partial charge in [-0.05, 0) is 17.5 Å². The summed E-state index contributed by atoms with van der Waals surface area (Å²) < 4.78 is 5.57.